The van der Waals surface area contributed by atoms with Crippen molar-refractivity contribution in [2.24, 2.45) is 0 Å². The minimum atomic E-state index is 0. The van der Waals surface area contributed by atoms with Crippen LogP contribution in [-0.4, -0.2) is 51.8 Å². The molecule has 0 spiro atoms. The van der Waals surface area contributed by atoms with Crippen LogP contribution >= 0.6 is 23.7 Å². The van der Waals surface area contributed by atoms with Gasteiger partial charge in [-0.2, -0.15) is 5.10 Å². The molecule has 29 heavy (non-hydrogen) atoms. The van der Waals surface area contributed by atoms with E-state index in [1.807, 2.05) is 33.2 Å². The third-order valence-electron chi connectivity index (χ3n) is 6.39. The fraction of sp³-hybridized carbons (Fsp3) is 0.667. The summed E-state index contributed by atoms with van der Waals surface area (Å²) in [6, 6.07) is 2.26. The van der Waals surface area contributed by atoms with Gasteiger partial charge in [-0.15, -0.1) is 23.7 Å². The minimum absolute atomic E-state index is 0. The highest BCUT2D eigenvalue weighted by molar-refractivity contribution is 7.11. The van der Waals surface area contributed by atoms with Crippen LogP contribution in [0.1, 0.15) is 76.6 Å². The van der Waals surface area contributed by atoms with Gasteiger partial charge in [0.05, 0.1) is 16.7 Å². The molecule has 1 N–H and O–H groups in total. The second-order valence-corrected chi connectivity index (χ2v) is 9.52. The lowest BCUT2D eigenvalue weighted by Gasteiger charge is -2.31. The lowest BCUT2D eigenvalue weighted by Crippen LogP contribution is -2.39. The van der Waals surface area contributed by atoms with E-state index < -0.39 is 0 Å². The van der Waals surface area contributed by atoms with Crippen LogP contribution in [-0.2, 0) is 12.8 Å². The van der Waals surface area contributed by atoms with Gasteiger partial charge in [0.15, 0.2) is 0 Å². The Labute approximate surface area is 182 Å². The van der Waals surface area contributed by atoms with Crippen LogP contribution in [0.5, 0.6) is 0 Å². The molecule has 2 saturated heterocycles. The summed E-state index contributed by atoms with van der Waals surface area (Å²) >= 11 is 1.90. The first-order valence-electron chi connectivity index (χ1n) is 10.8. The molecular formula is C21H30ClN5OS. The number of halogens is 1. The minimum Gasteiger partial charge on any atom is -0.337 e. The monoisotopic (exact) mass is 435 g/mol. The van der Waals surface area contributed by atoms with Gasteiger partial charge in [0.2, 0.25) is 0 Å². The molecule has 3 aliphatic rings. The molecule has 2 unspecified atom stereocenters. The zero-order valence-electron chi connectivity index (χ0n) is 16.8. The molecule has 6 nitrogen and oxygen atoms in total. The van der Waals surface area contributed by atoms with Crippen molar-refractivity contribution in [3.05, 3.63) is 33.5 Å². The van der Waals surface area contributed by atoms with Gasteiger partial charge >= 0.3 is 0 Å². The van der Waals surface area contributed by atoms with E-state index in [1.54, 1.807) is 0 Å². The molecule has 2 atom stereocenters. The number of thiazole rings is 1. The molecule has 0 saturated carbocycles. The number of nitrogens with one attached hydrogen (secondary N) is 1. The van der Waals surface area contributed by atoms with Crippen molar-refractivity contribution in [3.8, 4) is 0 Å². The number of carbonyl (C=O) groups is 1. The van der Waals surface area contributed by atoms with Gasteiger partial charge in [-0.05, 0) is 64.0 Å². The van der Waals surface area contributed by atoms with Crippen LogP contribution in [0.2, 0.25) is 0 Å². The topological polar surface area (TPSA) is 63.1 Å². The summed E-state index contributed by atoms with van der Waals surface area (Å²) in [5.41, 5.74) is 1.92. The highest BCUT2D eigenvalue weighted by Crippen LogP contribution is 2.35. The molecule has 5 rings (SSSR count). The van der Waals surface area contributed by atoms with Crippen molar-refractivity contribution in [3.63, 3.8) is 0 Å². The molecule has 2 aromatic heterocycles. The molecule has 1 aliphatic carbocycles. The molecule has 2 aromatic rings. The van der Waals surface area contributed by atoms with Crippen LogP contribution in [0, 0.1) is 0 Å². The normalized spacial score (nSPS) is 24.6. The average Bonchev–Trinajstić information content (AvgIpc) is 3.41. The Balaban J connectivity index is 0.00000205. The lowest BCUT2D eigenvalue weighted by atomic mass is 9.98. The Kier molecular flexibility index (Phi) is 6.56. The van der Waals surface area contributed by atoms with Crippen molar-refractivity contribution < 1.29 is 4.79 Å². The van der Waals surface area contributed by atoms with Gasteiger partial charge in [0, 0.05) is 36.6 Å². The van der Waals surface area contributed by atoms with Crippen molar-refractivity contribution in [2.45, 2.75) is 63.3 Å². The van der Waals surface area contributed by atoms with Gasteiger partial charge in [0.1, 0.15) is 5.69 Å². The molecule has 4 heterocycles. The third kappa shape index (κ3) is 4.37. The van der Waals surface area contributed by atoms with Crippen molar-refractivity contribution >= 4 is 29.7 Å². The average molecular weight is 436 g/mol. The summed E-state index contributed by atoms with van der Waals surface area (Å²) in [7, 11) is 0. The van der Waals surface area contributed by atoms with E-state index in [4.69, 9.17) is 4.98 Å². The van der Waals surface area contributed by atoms with E-state index in [0.29, 0.717) is 17.7 Å². The number of amides is 1. The number of likely N-dealkylation sites (tertiary alicyclic amines) is 1. The van der Waals surface area contributed by atoms with Gasteiger partial charge in [-0.3, -0.25) is 9.48 Å². The number of piperidine rings is 2. The highest BCUT2D eigenvalue weighted by atomic mass is 35.5. The lowest BCUT2D eigenvalue weighted by molar-refractivity contribution is 0.0699. The SMILES string of the molecule is Cl.O=C(c1ccn(C2CCCNC2)n1)N1CCCC(c2nc3c(s2)CCCC3)C1. The van der Waals surface area contributed by atoms with E-state index >= 15 is 0 Å². The van der Waals surface area contributed by atoms with E-state index in [2.05, 4.69) is 10.4 Å². The first-order valence-corrected chi connectivity index (χ1v) is 11.6. The largest absolute Gasteiger partial charge is 0.337 e. The zero-order valence-corrected chi connectivity index (χ0v) is 18.4. The molecular weight excluding hydrogens is 406 g/mol. The molecule has 158 valence electrons. The Morgan fingerprint density at radius 2 is 2.07 bits per heavy atom. The van der Waals surface area contributed by atoms with E-state index in [0.717, 1.165) is 51.9 Å². The van der Waals surface area contributed by atoms with Gasteiger partial charge in [-0.1, -0.05) is 0 Å². The first kappa shape index (κ1) is 20.8. The summed E-state index contributed by atoms with van der Waals surface area (Å²) in [5.74, 6) is 0.464. The van der Waals surface area contributed by atoms with Crippen molar-refractivity contribution in [1.29, 1.82) is 0 Å². The van der Waals surface area contributed by atoms with Gasteiger partial charge in [0.25, 0.3) is 5.91 Å². The summed E-state index contributed by atoms with van der Waals surface area (Å²) in [4.78, 5) is 21.5. The van der Waals surface area contributed by atoms with Crippen LogP contribution in [0.25, 0.3) is 0 Å². The first-order chi connectivity index (χ1) is 13.8. The number of rotatable bonds is 3. The number of hydrogen-bond acceptors (Lipinski definition) is 5. The fourth-order valence-corrected chi connectivity index (χ4v) is 6.07. The van der Waals surface area contributed by atoms with Crippen LogP contribution in [0.15, 0.2) is 12.3 Å². The summed E-state index contributed by atoms with van der Waals surface area (Å²) in [5, 5.41) is 9.30. The van der Waals surface area contributed by atoms with Gasteiger partial charge in [-0.25, -0.2) is 4.98 Å². The number of hydrogen-bond donors (Lipinski definition) is 1. The Morgan fingerprint density at radius 3 is 2.90 bits per heavy atom. The van der Waals surface area contributed by atoms with Crippen LogP contribution < -0.4 is 5.32 Å². The Hall–Kier alpha value is -1.44. The quantitative estimate of drug-likeness (QED) is 0.800. The van der Waals surface area contributed by atoms with Crippen molar-refractivity contribution in [1.82, 2.24) is 25.0 Å². The van der Waals surface area contributed by atoms with Crippen molar-refractivity contribution in [2.75, 3.05) is 26.2 Å². The fourth-order valence-electron chi connectivity index (χ4n) is 4.79. The number of nitrogens with zero attached hydrogens (tertiary/aromatic N) is 4. The van der Waals surface area contributed by atoms with E-state index in [-0.39, 0.29) is 18.3 Å². The third-order valence-corrected chi connectivity index (χ3v) is 7.71. The molecule has 0 bridgehead atoms. The van der Waals surface area contributed by atoms with Gasteiger partial charge < -0.3 is 10.2 Å². The molecule has 0 radical (unpaired) electrons. The van der Waals surface area contributed by atoms with Crippen LogP contribution in [0.4, 0.5) is 0 Å². The second-order valence-electron chi connectivity index (χ2n) is 8.40. The molecule has 8 heteroatoms. The molecule has 1 amide bonds. The predicted molar refractivity (Wildman–Crippen MR) is 117 cm³/mol. The zero-order chi connectivity index (χ0) is 18.9. The Bertz CT molecular complexity index is 820. The Morgan fingerprint density at radius 1 is 1.17 bits per heavy atom. The number of carbonyl (C=O) groups excluding carboxylic acids is 1. The summed E-state index contributed by atoms with van der Waals surface area (Å²) in [6.45, 7) is 3.63. The standard InChI is InChI=1S/C21H29N5OS.ClH/c27-21(18-9-12-26(24-18)16-6-3-10-22-13-16)25-11-4-5-15(14-25)20-23-17-7-1-2-8-19(17)28-20;/h9,12,15-16,22H,1-8,10-11,13-14H2;1H. The maximum atomic E-state index is 13.1. The maximum Gasteiger partial charge on any atom is 0.274 e. The molecule has 0 aromatic carbocycles. The second kappa shape index (κ2) is 9.14. The molecule has 2 fully saturated rings. The smallest absolute Gasteiger partial charge is 0.274 e. The van der Waals surface area contributed by atoms with Crippen LogP contribution in [0.3, 0.4) is 0 Å². The van der Waals surface area contributed by atoms with E-state index in [1.165, 1.54) is 41.3 Å². The number of fused-ring (bicyclic) bond motifs is 1. The molecule has 2 aliphatic heterocycles. The van der Waals surface area contributed by atoms with E-state index in [9.17, 15) is 4.79 Å². The summed E-state index contributed by atoms with van der Waals surface area (Å²) in [6.07, 6.45) is 11.3. The summed E-state index contributed by atoms with van der Waals surface area (Å²) < 4.78 is 1.98. The number of aryl methyl sites for hydroxylation is 2. The predicted octanol–water partition coefficient (Wildman–Crippen LogP) is 3.58. The highest BCUT2D eigenvalue weighted by Gasteiger charge is 2.30. The maximum absolute atomic E-state index is 13.1. The number of aromatic nitrogens is 3.